The van der Waals surface area contributed by atoms with Crippen LogP contribution in [0.1, 0.15) is 36.8 Å². The van der Waals surface area contributed by atoms with Crippen molar-refractivity contribution in [2.75, 3.05) is 20.1 Å². The van der Waals surface area contributed by atoms with Gasteiger partial charge in [-0.05, 0) is 36.6 Å². The highest BCUT2D eigenvalue weighted by atomic mass is 35.5. The van der Waals surface area contributed by atoms with Gasteiger partial charge in [0.15, 0.2) is 0 Å². The molecule has 23 heavy (non-hydrogen) atoms. The summed E-state index contributed by atoms with van der Waals surface area (Å²) in [6, 6.07) is 5.27. The highest BCUT2D eigenvalue weighted by Gasteiger charge is 2.30. The summed E-state index contributed by atoms with van der Waals surface area (Å²) in [4.78, 5) is 14.0. The lowest BCUT2D eigenvalue weighted by Gasteiger charge is -2.25. The minimum absolute atomic E-state index is 0. The second-order valence-corrected chi connectivity index (χ2v) is 5.88. The summed E-state index contributed by atoms with van der Waals surface area (Å²) in [7, 11) is 1.79. The number of hydrogen-bond acceptors (Lipinski definition) is 2. The number of nitrogens with one attached hydrogen (secondary N) is 1. The van der Waals surface area contributed by atoms with Crippen LogP contribution in [0.2, 0.25) is 0 Å². The molecule has 1 heterocycles. The predicted octanol–water partition coefficient (Wildman–Crippen LogP) is 3.44. The van der Waals surface area contributed by atoms with E-state index >= 15 is 0 Å². The fourth-order valence-corrected chi connectivity index (χ4v) is 2.70. The van der Waals surface area contributed by atoms with Crippen LogP contribution in [0.15, 0.2) is 24.3 Å². The fourth-order valence-electron chi connectivity index (χ4n) is 2.70. The Kier molecular flexibility index (Phi) is 6.89. The van der Waals surface area contributed by atoms with Crippen LogP contribution in [-0.4, -0.2) is 37.0 Å². The van der Waals surface area contributed by atoms with Gasteiger partial charge in [-0.15, -0.1) is 12.4 Å². The fraction of sp³-hybridized carbons (Fsp3) is 0.562. The second-order valence-electron chi connectivity index (χ2n) is 5.88. The molecule has 1 saturated heterocycles. The molecule has 0 aliphatic carbocycles. The molecule has 0 spiro atoms. The van der Waals surface area contributed by atoms with Gasteiger partial charge < -0.3 is 10.2 Å². The van der Waals surface area contributed by atoms with E-state index in [2.05, 4.69) is 5.32 Å². The lowest BCUT2D eigenvalue weighted by Crippen LogP contribution is -2.38. The van der Waals surface area contributed by atoms with Gasteiger partial charge in [0.2, 0.25) is 5.91 Å². The minimum atomic E-state index is -4.33. The normalized spacial score (nSPS) is 19.1. The molecule has 1 amide bonds. The summed E-state index contributed by atoms with van der Waals surface area (Å²) in [6.07, 6.45) is -3.08. The van der Waals surface area contributed by atoms with Crippen LogP contribution in [0.3, 0.4) is 0 Å². The second kappa shape index (κ2) is 8.02. The van der Waals surface area contributed by atoms with E-state index in [1.165, 1.54) is 12.1 Å². The first kappa shape index (κ1) is 19.8. The van der Waals surface area contributed by atoms with Crippen molar-refractivity contribution in [3.8, 4) is 0 Å². The Morgan fingerprint density at radius 2 is 1.96 bits per heavy atom. The predicted molar refractivity (Wildman–Crippen MR) is 85.8 cm³/mol. The van der Waals surface area contributed by atoms with Gasteiger partial charge in [0.05, 0.1) is 5.56 Å². The van der Waals surface area contributed by atoms with E-state index in [-0.39, 0.29) is 30.3 Å². The first-order chi connectivity index (χ1) is 10.3. The van der Waals surface area contributed by atoms with Crippen molar-refractivity contribution in [2.24, 2.45) is 0 Å². The molecule has 0 saturated carbocycles. The Morgan fingerprint density at radius 1 is 1.35 bits per heavy atom. The largest absolute Gasteiger partial charge is 0.416 e. The molecule has 3 nitrogen and oxygen atoms in total. The number of benzene rings is 1. The molecule has 0 bridgehead atoms. The lowest BCUT2D eigenvalue weighted by atomic mass is 9.96. The van der Waals surface area contributed by atoms with Crippen molar-refractivity contribution >= 4 is 18.3 Å². The number of carbonyl (C=O) groups excluding carboxylic acids is 1. The number of carbonyl (C=O) groups is 1. The van der Waals surface area contributed by atoms with E-state index in [0.29, 0.717) is 6.42 Å². The van der Waals surface area contributed by atoms with Crippen molar-refractivity contribution in [1.82, 2.24) is 10.2 Å². The molecule has 2 rings (SSSR count). The van der Waals surface area contributed by atoms with Gasteiger partial charge in [-0.2, -0.15) is 13.2 Å². The van der Waals surface area contributed by atoms with Crippen molar-refractivity contribution in [1.29, 1.82) is 0 Å². The van der Waals surface area contributed by atoms with Gasteiger partial charge in [0.25, 0.3) is 0 Å². The summed E-state index contributed by atoms with van der Waals surface area (Å²) in [5.41, 5.74) is 0.0863. The molecule has 1 aromatic rings. The standard InChI is InChI=1S/C16H21F3N2O.ClH/c1-11(9-15(22)21(2)14-7-8-20-10-14)12-3-5-13(6-4-12)16(17,18)19;/h3-6,11,14,20H,7-10H2,1-2H3;1H. The monoisotopic (exact) mass is 350 g/mol. The van der Waals surface area contributed by atoms with Crippen LogP contribution in [0, 0.1) is 0 Å². The van der Waals surface area contributed by atoms with Crippen molar-refractivity contribution in [3.63, 3.8) is 0 Å². The van der Waals surface area contributed by atoms with Crippen molar-refractivity contribution in [2.45, 2.75) is 37.9 Å². The zero-order valence-electron chi connectivity index (χ0n) is 13.2. The number of rotatable bonds is 4. The summed E-state index contributed by atoms with van der Waals surface area (Å²) in [6.45, 7) is 3.58. The van der Waals surface area contributed by atoms with Crippen LogP contribution in [0.4, 0.5) is 13.2 Å². The van der Waals surface area contributed by atoms with Crippen LogP contribution < -0.4 is 5.32 Å². The minimum Gasteiger partial charge on any atom is -0.341 e. The lowest BCUT2D eigenvalue weighted by molar-refractivity contribution is -0.137. The Bertz CT molecular complexity index is 513. The Balaban J connectivity index is 0.00000264. The number of halogens is 4. The molecule has 1 aromatic carbocycles. The van der Waals surface area contributed by atoms with Crippen LogP contribution in [-0.2, 0) is 11.0 Å². The first-order valence-corrected chi connectivity index (χ1v) is 7.42. The average Bonchev–Trinajstić information content (AvgIpc) is 2.99. The maximum atomic E-state index is 12.5. The van der Waals surface area contributed by atoms with E-state index < -0.39 is 11.7 Å². The Labute approximate surface area is 140 Å². The van der Waals surface area contributed by atoms with Crippen LogP contribution in [0.25, 0.3) is 0 Å². The van der Waals surface area contributed by atoms with Crippen molar-refractivity contribution in [3.05, 3.63) is 35.4 Å². The smallest absolute Gasteiger partial charge is 0.341 e. The topological polar surface area (TPSA) is 32.3 Å². The SMILES string of the molecule is CC(CC(=O)N(C)C1CCNC1)c1ccc(C(F)(F)F)cc1.Cl. The van der Waals surface area contributed by atoms with Crippen LogP contribution >= 0.6 is 12.4 Å². The van der Waals surface area contributed by atoms with Gasteiger partial charge in [-0.3, -0.25) is 4.79 Å². The summed E-state index contributed by atoms with van der Waals surface area (Å²) < 4.78 is 37.6. The number of amides is 1. The average molecular weight is 351 g/mol. The van der Waals surface area contributed by atoms with Crippen LogP contribution in [0.5, 0.6) is 0 Å². The van der Waals surface area contributed by atoms with Crippen molar-refractivity contribution < 1.29 is 18.0 Å². The number of alkyl halides is 3. The maximum absolute atomic E-state index is 12.5. The molecular formula is C16H22ClF3N2O. The zero-order chi connectivity index (χ0) is 16.3. The van der Waals surface area contributed by atoms with E-state index in [4.69, 9.17) is 0 Å². The molecule has 7 heteroatoms. The maximum Gasteiger partial charge on any atom is 0.416 e. The van der Waals surface area contributed by atoms with Gasteiger partial charge >= 0.3 is 6.18 Å². The Hall–Kier alpha value is -1.27. The third-order valence-electron chi connectivity index (χ3n) is 4.26. The number of hydrogen-bond donors (Lipinski definition) is 1. The molecule has 1 aliphatic heterocycles. The highest BCUT2D eigenvalue weighted by molar-refractivity contribution is 5.85. The summed E-state index contributed by atoms with van der Waals surface area (Å²) in [5, 5.41) is 3.21. The zero-order valence-corrected chi connectivity index (χ0v) is 14.0. The number of nitrogens with zero attached hydrogens (tertiary/aromatic N) is 1. The van der Waals surface area contributed by atoms with Gasteiger partial charge in [0, 0.05) is 26.1 Å². The number of likely N-dealkylation sites (N-methyl/N-ethyl adjacent to an activating group) is 1. The molecule has 2 atom stereocenters. The quantitative estimate of drug-likeness (QED) is 0.902. The van der Waals surface area contributed by atoms with E-state index in [1.54, 1.807) is 11.9 Å². The Morgan fingerprint density at radius 3 is 2.43 bits per heavy atom. The van der Waals surface area contributed by atoms with E-state index in [0.717, 1.165) is 37.2 Å². The molecule has 1 fully saturated rings. The molecular weight excluding hydrogens is 329 g/mol. The molecule has 0 aromatic heterocycles. The summed E-state index contributed by atoms with van der Waals surface area (Å²) in [5.74, 6) is -0.0762. The highest BCUT2D eigenvalue weighted by Crippen LogP contribution is 2.30. The van der Waals surface area contributed by atoms with E-state index in [1.807, 2.05) is 6.92 Å². The van der Waals surface area contributed by atoms with Gasteiger partial charge in [-0.1, -0.05) is 19.1 Å². The molecule has 1 N–H and O–H groups in total. The first-order valence-electron chi connectivity index (χ1n) is 7.42. The summed E-state index contributed by atoms with van der Waals surface area (Å²) >= 11 is 0. The van der Waals surface area contributed by atoms with E-state index in [9.17, 15) is 18.0 Å². The third-order valence-corrected chi connectivity index (χ3v) is 4.26. The van der Waals surface area contributed by atoms with Gasteiger partial charge in [-0.25, -0.2) is 0 Å². The molecule has 130 valence electrons. The molecule has 0 radical (unpaired) electrons. The van der Waals surface area contributed by atoms with Gasteiger partial charge in [0.1, 0.15) is 0 Å². The molecule has 1 aliphatic rings. The molecule has 2 unspecified atom stereocenters. The third kappa shape index (κ3) is 5.11.